The van der Waals surface area contributed by atoms with Crippen LogP contribution in [0.1, 0.15) is 39.2 Å². The third-order valence-electron chi connectivity index (χ3n) is 3.61. The van der Waals surface area contributed by atoms with Crippen molar-refractivity contribution in [3.05, 3.63) is 35.6 Å². The van der Waals surface area contributed by atoms with Crippen LogP contribution in [0, 0.1) is 5.82 Å². The molecule has 0 radical (unpaired) electrons. The van der Waals surface area contributed by atoms with Crippen LogP contribution in [-0.2, 0) is 11.2 Å². The van der Waals surface area contributed by atoms with E-state index < -0.39 is 11.7 Å². The van der Waals surface area contributed by atoms with E-state index in [0.29, 0.717) is 25.0 Å². The Labute approximate surface area is 109 Å². The van der Waals surface area contributed by atoms with Gasteiger partial charge in [-0.1, -0.05) is 32.0 Å². The monoisotopic (exact) mass is 254 g/mol. The van der Waals surface area contributed by atoms with Crippen molar-refractivity contribution >= 4 is 0 Å². The van der Waals surface area contributed by atoms with Crippen LogP contribution in [0.4, 0.5) is 4.39 Å². The van der Waals surface area contributed by atoms with E-state index in [4.69, 9.17) is 4.74 Å². The summed E-state index contributed by atoms with van der Waals surface area (Å²) in [7, 11) is 0. The van der Waals surface area contributed by atoms with Gasteiger partial charge in [0.05, 0.1) is 11.7 Å². The topological polar surface area (TPSA) is 29.5 Å². The number of hydrogen-bond acceptors (Lipinski definition) is 2. The minimum Gasteiger partial charge on any atom is -0.390 e. The molecule has 1 atom stereocenters. The highest BCUT2D eigenvalue weighted by Crippen LogP contribution is 2.27. The number of hydrogen-bond donors (Lipinski definition) is 1. The first-order valence-corrected chi connectivity index (χ1v) is 6.65. The quantitative estimate of drug-likeness (QED) is 0.808. The molecule has 1 aromatic carbocycles. The fourth-order valence-electron chi connectivity index (χ4n) is 2.37. The van der Waals surface area contributed by atoms with Crippen molar-refractivity contribution in [3.63, 3.8) is 0 Å². The van der Waals surface area contributed by atoms with Gasteiger partial charge in [-0.05, 0) is 31.4 Å². The lowest BCUT2D eigenvalue weighted by Crippen LogP contribution is -2.45. The summed E-state index contributed by atoms with van der Waals surface area (Å²) in [5.74, 6) is -0.269. The molecule has 0 aliphatic heterocycles. The van der Waals surface area contributed by atoms with Gasteiger partial charge >= 0.3 is 0 Å². The Balaban J connectivity index is 2.85. The maximum Gasteiger partial charge on any atom is 0.126 e. The highest BCUT2D eigenvalue weighted by Gasteiger charge is 2.35. The molecule has 0 aromatic heterocycles. The van der Waals surface area contributed by atoms with E-state index >= 15 is 0 Å². The molecule has 0 fully saturated rings. The predicted octanol–water partition coefficient (Wildman–Crippen LogP) is 3.32. The van der Waals surface area contributed by atoms with Crippen LogP contribution in [0.2, 0.25) is 0 Å². The Bertz CT molecular complexity index is 361. The van der Waals surface area contributed by atoms with Crippen LogP contribution in [-0.4, -0.2) is 23.4 Å². The molecule has 2 nitrogen and oxygen atoms in total. The van der Waals surface area contributed by atoms with Crippen molar-refractivity contribution in [2.75, 3.05) is 6.61 Å². The molecule has 1 aromatic rings. The van der Waals surface area contributed by atoms with E-state index in [1.165, 1.54) is 6.07 Å². The molecule has 102 valence electrons. The van der Waals surface area contributed by atoms with Gasteiger partial charge in [0, 0.05) is 13.0 Å². The lowest BCUT2D eigenvalue weighted by molar-refractivity contribution is -0.124. The smallest absolute Gasteiger partial charge is 0.126 e. The van der Waals surface area contributed by atoms with Crippen LogP contribution in [0.15, 0.2) is 24.3 Å². The first kappa shape index (κ1) is 15.1. The largest absolute Gasteiger partial charge is 0.390 e. The normalized spacial score (nSPS) is 13.6. The van der Waals surface area contributed by atoms with E-state index in [2.05, 4.69) is 0 Å². The number of halogens is 1. The molecule has 1 N–H and O–H groups in total. The first-order valence-electron chi connectivity index (χ1n) is 6.65. The maximum atomic E-state index is 13.6. The van der Waals surface area contributed by atoms with Crippen LogP contribution in [0.3, 0.4) is 0 Å². The van der Waals surface area contributed by atoms with Gasteiger partial charge in [0.15, 0.2) is 0 Å². The van der Waals surface area contributed by atoms with E-state index in [-0.39, 0.29) is 12.2 Å². The average Bonchev–Trinajstić information content (AvgIpc) is 2.38. The minimum absolute atomic E-state index is 0.269. The zero-order valence-electron chi connectivity index (χ0n) is 11.4. The zero-order valence-corrected chi connectivity index (χ0v) is 11.4. The number of aliphatic hydroxyl groups is 1. The predicted molar refractivity (Wildman–Crippen MR) is 71.0 cm³/mol. The Kier molecular flexibility index (Phi) is 5.76. The van der Waals surface area contributed by atoms with Gasteiger partial charge in [-0.15, -0.1) is 0 Å². The molecule has 0 saturated heterocycles. The van der Waals surface area contributed by atoms with E-state index in [1.807, 2.05) is 20.8 Å². The maximum absolute atomic E-state index is 13.6. The van der Waals surface area contributed by atoms with Gasteiger partial charge < -0.3 is 9.84 Å². The molecule has 0 bridgehead atoms. The summed E-state index contributed by atoms with van der Waals surface area (Å²) >= 11 is 0. The SMILES string of the molecule is CCOC(CC)(CC)C(O)Cc1ccccc1F. The molecule has 1 unspecified atom stereocenters. The zero-order chi connectivity index (χ0) is 13.6. The first-order chi connectivity index (χ1) is 8.59. The number of rotatable bonds is 7. The van der Waals surface area contributed by atoms with Crippen LogP contribution in [0.5, 0.6) is 0 Å². The Morgan fingerprint density at radius 1 is 1.22 bits per heavy atom. The second-order valence-corrected chi connectivity index (χ2v) is 4.52. The van der Waals surface area contributed by atoms with E-state index in [9.17, 15) is 9.50 Å². The third-order valence-corrected chi connectivity index (χ3v) is 3.61. The number of ether oxygens (including phenoxy) is 1. The number of benzene rings is 1. The van der Waals surface area contributed by atoms with Crippen molar-refractivity contribution in [1.82, 2.24) is 0 Å². The lowest BCUT2D eigenvalue weighted by atomic mass is 9.86. The lowest BCUT2D eigenvalue weighted by Gasteiger charge is -2.36. The van der Waals surface area contributed by atoms with Gasteiger partial charge in [-0.25, -0.2) is 4.39 Å². The van der Waals surface area contributed by atoms with Gasteiger partial charge in [0.25, 0.3) is 0 Å². The van der Waals surface area contributed by atoms with E-state index in [0.717, 1.165) is 0 Å². The summed E-state index contributed by atoms with van der Waals surface area (Å²) in [6.45, 7) is 6.44. The van der Waals surface area contributed by atoms with Crippen molar-refractivity contribution in [2.45, 2.75) is 51.7 Å². The molecule has 0 spiro atoms. The Morgan fingerprint density at radius 3 is 2.33 bits per heavy atom. The third kappa shape index (κ3) is 3.30. The highest BCUT2D eigenvalue weighted by molar-refractivity contribution is 5.18. The number of aliphatic hydroxyl groups excluding tert-OH is 1. The Hall–Kier alpha value is -0.930. The van der Waals surface area contributed by atoms with E-state index in [1.54, 1.807) is 18.2 Å². The van der Waals surface area contributed by atoms with Gasteiger partial charge in [0.1, 0.15) is 5.82 Å². The van der Waals surface area contributed by atoms with Crippen molar-refractivity contribution in [1.29, 1.82) is 0 Å². The second kappa shape index (κ2) is 6.86. The van der Waals surface area contributed by atoms with Crippen LogP contribution in [0.25, 0.3) is 0 Å². The standard InChI is InChI=1S/C15H23FO2/c1-4-15(5-2,18-6-3)14(17)11-12-9-7-8-10-13(12)16/h7-10,14,17H,4-6,11H2,1-3H3. The molecule has 0 amide bonds. The van der Waals surface area contributed by atoms with Gasteiger partial charge in [-0.2, -0.15) is 0 Å². The molecule has 0 aliphatic rings. The fourth-order valence-corrected chi connectivity index (χ4v) is 2.37. The molecule has 0 saturated carbocycles. The second-order valence-electron chi connectivity index (χ2n) is 4.52. The molecule has 18 heavy (non-hydrogen) atoms. The summed E-state index contributed by atoms with van der Waals surface area (Å²) in [6.07, 6.45) is 1.03. The summed E-state index contributed by atoms with van der Waals surface area (Å²) in [4.78, 5) is 0. The van der Waals surface area contributed by atoms with Crippen molar-refractivity contribution in [2.24, 2.45) is 0 Å². The molecule has 3 heteroatoms. The fraction of sp³-hybridized carbons (Fsp3) is 0.600. The van der Waals surface area contributed by atoms with Crippen molar-refractivity contribution in [3.8, 4) is 0 Å². The van der Waals surface area contributed by atoms with Crippen LogP contribution < -0.4 is 0 Å². The highest BCUT2D eigenvalue weighted by atomic mass is 19.1. The summed E-state index contributed by atoms with van der Waals surface area (Å²) < 4.78 is 19.3. The molecule has 0 aliphatic carbocycles. The molecule has 0 heterocycles. The minimum atomic E-state index is -0.690. The molecular weight excluding hydrogens is 231 g/mol. The Morgan fingerprint density at radius 2 is 1.83 bits per heavy atom. The average molecular weight is 254 g/mol. The van der Waals surface area contributed by atoms with Crippen molar-refractivity contribution < 1.29 is 14.2 Å². The molecule has 1 rings (SSSR count). The summed E-state index contributed by atoms with van der Waals surface area (Å²) in [5.41, 5.74) is -0.0344. The van der Waals surface area contributed by atoms with Crippen LogP contribution >= 0.6 is 0 Å². The van der Waals surface area contributed by atoms with Gasteiger partial charge in [0.2, 0.25) is 0 Å². The molecular formula is C15H23FO2. The van der Waals surface area contributed by atoms with Gasteiger partial charge in [-0.3, -0.25) is 0 Å². The summed E-state index contributed by atoms with van der Waals surface area (Å²) in [6, 6.07) is 6.56. The summed E-state index contributed by atoms with van der Waals surface area (Å²) in [5, 5.41) is 10.4.